The zero-order valence-corrected chi connectivity index (χ0v) is 10.5. The molecule has 0 radical (unpaired) electrons. The van der Waals surface area contributed by atoms with Gasteiger partial charge in [-0.15, -0.1) is 0 Å². The second-order valence-corrected chi connectivity index (χ2v) is 4.69. The summed E-state index contributed by atoms with van der Waals surface area (Å²) in [5.74, 6) is -0.882. The van der Waals surface area contributed by atoms with E-state index in [4.69, 9.17) is 5.11 Å². The number of aromatic carboxylic acids is 1. The van der Waals surface area contributed by atoms with Gasteiger partial charge in [0.2, 0.25) is 0 Å². The highest BCUT2D eigenvalue weighted by Crippen LogP contribution is 2.27. The summed E-state index contributed by atoms with van der Waals surface area (Å²) < 4.78 is 1.85. The normalized spacial score (nSPS) is 14.2. The summed E-state index contributed by atoms with van der Waals surface area (Å²) in [6.07, 6.45) is 4.82. The van der Waals surface area contributed by atoms with Crippen molar-refractivity contribution in [1.82, 2.24) is 9.78 Å². The highest BCUT2D eigenvalue weighted by Gasteiger charge is 2.19. The van der Waals surface area contributed by atoms with Crippen molar-refractivity contribution in [3.63, 3.8) is 0 Å². The molecule has 0 amide bonds. The monoisotopic (exact) mass is 257 g/mol. The van der Waals surface area contributed by atoms with Gasteiger partial charge in [-0.25, -0.2) is 4.79 Å². The highest BCUT2D eigenvalue weighted by molar-refractivity contribution is 5.89. The number of benzene rings is 1. The molecule has 1 fully saturated rings. The molecular weight excluding hydrogens is 242 g/mol. The zero-order chi connectivity index (χ0) is 13.2. The first-order valence-electron chi connectivity index (χ1n) is 6.32. The molecular formula is C14H15N3O2. The fourth-order valence-corrected chi connectivity index (χ4v) is 2.25. The lowest BCUT2D eigenvalue weighted by Crippen LogP contribution is -2.38. The molecule has 0 unspecified atom stereocenters. The molecule has 0 bridgehead atoms. The first-order valence-corrected chi connectivity index (χ1v) is 6.32. The first kappa shape index (κ1) is 11.8. The van der Waals surface area contributed by atoms with Crippen LogP contribution in [0.4, 0.5) is 5.69 Å². The lowest BCUT2D eigenvalue weighted by molar-refractivity contribution is 0.0697. The molecule has 1 N–H and O–H groups in total. The molecule has 1 aliphatic heterocycles. The molecule has 1 saturated heterocycles. The Bertz CT molecular complexity index is 589. The van der Waals surface area contributed by atoms with Crippen LogP contribution in [0.15, 0.2) is 36.7 Å². The van der Waals surface area contributed by atoms with E-state index in [1.807, 2.05) is 23.0 Å². The second-order valence-electron chi connectivity index (χ2n) is 4.69. The number of carboxylic acid groups (broad SMARTS) is 1. The van der Waals surface area contributed by atoms with Gasteiger partial charge in [-0.05, 0) is 30.2 Å². The average molecular weight is 257 g/mol. The van der Waals surface area contributed by atoms with E-state index in [1.165, 1.54) is 6.42 Å². The average Bonchev–Trinajstić information content (AvgIpc) is 2.81. The minimum absolute atomic E-state index is 0.339. The predicted octanol–water partition coefficient (Wildman–Crippen LogP) is 1.84. The van der Waals surface area contributed by atoms with Gasteiger partial charge in [-0.3, -0.25) is 4.68 Å². The molecule has 98 valence electrons. The third-order valence-electron chi connectivity index (χ3n) is 3.42. The Balaban J connectivity index is 1.95. The Morgan fingerprint density at radius 1 is 1.37 bits per heavy atom. The number of nitrogens with zero attached hydrogens (tertiary/aromatic N) is 3. The molecule has 19 heavy (non-hydrogen) atoms. The van der Waals surface area contributed by atoms with Crippen molar-refractivity contribution in [1.29, 1.82) is 0 Å². The van der Waals surface area contributed by atoms with Crippen LogP contribution in [-0.4, -0.2) is 33.9 Å². The topological polar surface area (TPSA) is 58.4 Å². The van der Waals surface area contributed by atoms with E-state index in [2.05, 4.69) is 10.00 Å². The molecule has 1 aliphatic rings. The Kier molecular flexibility index (Phi) is 2.95. The van der Waals surface area contributed by atoms with E-state index in [0.717, 1.165) is 24.3 Å². The lowest BCUT2D eigenvalue weighted by atomic mass is 10.0. The van der Waals surface area contributed by atoms with Crippen molar-refractivity contribution < 1.29 is 9.90 Å². The van der Waals surface area contributed by atoms with Crippen LogP contribution in [0.25, 0.3) is 0 Å². The lowest BCUT2D eigenvalue weighted by Gasteiger charge is -2.35. The first-order chi connectivity index (χ1) is 9.24. The van der Waals surface area contributed by atoms with Crippen LogP contribution in [0.3, 0.4) is 0 Å². The summed E-state index contributed by atoms with van der Waals surface area (Å²) >= 11 is 0. The zero-order valence-electron chi connectivity index (χ0n) is 10.5. The largest absolute Gasteiger partial charge is 0.478 e. The van der Waals surface area contributed by atoms with E-state index in [1.54, 1.807) is 18.3 Å². The molecule has 1 aromatic carbocycles. The van der Waals surface area contributed by atoms with Crippen molar-refractivity contribution in [2.24, 2.45) is 0 Å². The minimum Gasteiger partial charge on any atom is -0.478 e. The summed E-state index contributed by atoms with van der Waals surface area (Å²) in [6.45, 7) is 2.66. The molecule has 3 rings (SSSR count). The molecule has 1 aromatic heterocycles. The summed E-state index contributed by atoms with van der Waals surface area (Å²) in [7, 11) is 0. The summed E-state index contributed by atoms with van der Waals surface area (Å²) in [4.78, 5) is 13.3. The highest BCUT2D eigenvalue weighted by atomic mass is 16.4. The van der Waals surface area contributed by atoms with Crippen molar-refractivity contribution >= 4 is 11.7 Å². The van der Waals surface area contributed by atoms with Gasteiger partial charge < -0.3 is 10.0 Å². The van der Waals surface area contributed by atoms with Crippen molar-refractivity contribution in [2.45, 2.75) is 13.0 Å². The van der Waals surface area contributed by atoms with Crippen LogP contribution in [0.2, 0.25) is 0 Å². The Labute approximate surface area is 111 Å². The number of rotatable bonds is 4. The van der Waals surface area contributed by atoms with Crippen molar-refractivity contribution in [3.8, 4) is 0 Å². The van der Waals surface area contributed by atoms with Gasteiger partial charge in [0.05, 0.1) is 12.1 Å². The van der Waals surface area contributed by atoms with Gasteiger partial charge >= 0.3 is 5.97 Å². The second kappa shape index (κ2) is 4.76. The Morgan fingerprint density at radius 2 is 2.21 bits per heavy atom. The molecule has 5 heteroatoms. The minimum atomic E-state index is -0.882. The van der Waals surface area contributed by atoms with E-state index < -0.39 is 5.97 Å². The smallest absolute Gasteiger partial charge is 0.335 e. The van der Waals surface area contributed by atoms with Crippen molar-refractivity contribution in [3.05, 3.63) is 47.8 Å². The molecule has 0 aliphatic carbocycles. The quantitative estimate of drug-likeness (QED) is 0.908. The van der Waals surface area contributed by atoms with Crippen LogP contribution >= 0.6 is 0 Å². The van der Waals surface area contributed by atoms with Crippen LogP contribution < -0.4 is 4.90 Å². The van der Waals surface area contributed by atoms with E-state index in [9.17, 15) is 4.79 Å². The molecule has 2 heterocycles. The van der Waals surface area contributed by atoms with E-state index >= 15 is 0 Å². The van der Waals surface area contributed by atoms with Crippen LogP contribution in [0.1, 0.15) is 22.3 Å². The number of carboxylic acids is 1. The standard InChI is InChI=1S/C14H15N3O2/c18-14(19)11-3-4-12(10-17-8-1-5-15-17)13(9-11)16-6-2-7-16/h1,3-5,8-9H,2,6-7,10H2,(H,18,19). The maximum Gasteiger partial charge on any atom is 0.335 e. The van der Waals surface area contributed by atoms with Gasteiger partial charge in [0.15, 0.2) is 0 Å². The molecule has 2 aromatic rings. The van der Waals surface area contributed by atoms with Gasteiger partial charge in [0.1, 0.15) is 0 Å². The van der Waals surface area contributed by atoms with Crippen molar-refractivity contribution in [2.75, 3.05) is 18.0 Å². The molecule has 0 spiro atoms. The molecule has 5 nitrogen and oxygen atoms in total. The Hall–Kier alpha value is -2.30. The SMILES string of the molecule is O=C(O)c1ccc(Cn2cccn2)c(N2CCC2)c1. The summed E-state index contributed by atoms with van der Waals surface area (Å²) in [5, 5.41) is 13.3. The number of hydrogen-bond donors (Lipinski definition) is 1. The van der Waals surface area contributed by atoms with Crippen LogP contribution in [0, 0.1) is 0 Å². The van der Waals surface area contributed by atoms with Crippen LogP contribution in [-0.2, 0) is 6.54 Å². The summed E-state index contributed by atoms with van der Waals surface area (Å²) in [5.41, 5.74) is 2.46. The van der Waals surface area contributed by atoms with E-state index in [-0.39, 0.29) is 0 Å². The third-order valence-corrected chi connectivity index (χ3v) is 3.42. The van der Waals surface area contributed by atoms with Gasteiger partial charge in [0.25, 0.3) is 0 Å². The Morgan fingerprint density at radius 3 is 2.79 bits per heavy atom. The number of anilines is 1. The van der Waals surface area contributed by atoms with E-state index in [0.29, 0.717) is 12.1 Å². The number of carbonyl (C=O) groups is 1. The van der Waals surface area contributed by atoms with Gasteiger partial charge in [-0.1, -0.05) is 6.07 Å². The maximum atomic E-state index is 11.1. The fourth-order valence-electron chi connectivity index (χ4n) is 2.25. The fraction of sp³-hybridized carbons (Fsp3) is 0.286. The maximum absolute atomic E-state index is 11.1. The van der Waals surface area contributed by atoms with Gasteiger partial charge in [0, 0.05) is 31.2 Å². The third kappa shape index (κ3) is 2.31. The molecule has 0 atom stereocenters. The summed E-state index contributed by atoms with van der Waals surface area (Å²) in [6, 6.07) is 7.19. The number of hydrogen-bond acceptors (Lipinski definition) is 3. The van der Waals surface area contributed by atoms with Gasteiger partial charge in [-0.2, -0.15) is 5.10 Å². The number of aromatic nitrogens is 2. The van der Waals surface area contributed by atoms with Crippen LogP contribution in [0.5, 0.6) is 0 Å². The molecule has 0 saturated carbocycles. The predicted molar refractivity (Wildman–Crippen MR) is 71.6 cm³/mol.